The zero-order chi connectivity index (χ0) is 19.4. The fourth-order valence-corrected chi connectivity index (χ4v) is 4.58. The quantitative estimate of drug-likeness (QED) is 0.624. The lowest BCUT2D eigenvalue weighted by molar-refractivity contribution is -1.02. The lowest BCUT2D eigenvalue weighted by Gasteiger charge is -2.33. The van der Waals surface area contributed by atoms with Gasteiger partial charge in [-0.15, -0.1) is 0 Å². The van der Waals surface area contributed by atoms with Crippen molar-refractivity contribution in [1.82, 2.24) is 4.72 Å². The molecule has 0 aromatic heterocycles. The van der Waals surface area contributed by atoms with Gasteiger partial charge in [0.2, 0.25) is 10.0 Å². The van der Waals surface area contributed by atoms with Gasteiger partial charge in [-0.05, 0) is 31.2 Å². The van der Waals surface area contributed by atoms with Gasteiger partial charge in [-0.25, -0.2) is 17.5 Å². The second kappa shape index (κ2) is 8.48. The summed E-state index contributed by atoms with van der Waals surface area (Å²) in [6, 6.07) is 13.3. The van der Waals surface area contributed by atoms with E-state index < -0.39 is 15.8 Å². The summed E-state index contributed by atoms with van der Waals surface area (Å²) in [4.78, 5) is 2.99. The average Bonchev–Trinajstić information content (AvgIpc) is 2.65. The van der Waals surface area contributed by atoms with Gasteiger partial charge in [0.05, 0.1) is 18.5 Å². The Balaban J connectivity index is 1.78. The highest BCUT2D eigenvalue weighted by Gasteiger charge is 2.30. The van der Waals surface area contributed by atoms with Gasteiger partial charge in [0.25, 0.3) is 0 Å². The van der Waals surface area contributed by atoms with Gasteiger partial charge in [0.1, 0.15) is 38.0 Å². The van der Waals surface area contributed by atoms with Gasteiger partial charge in [0.15, 0.2) is 0 Å². The molecule has 1 atom stereocenters. The Hall–Kier alpha value is -1.80. The Kier molecular flexibility index (Phi) is 6.26. The fraction of sp³-hybridized carbons (Fsp3) is 0.400. The largest absolute Gasteiger partial charge is 0.328 e. The zero-order valence-corrected chi connectivity index (χ0v) is 16.7. The van der Waals surface area contributed by atoms with E-state index in [4.69, 9.17) is 0 Å². The normalized spacial score (nSPS) is 21.7. The molecule has 1 fully saturated rings. The number of nitrogens with one attached hydrogen (secondary N) is 3. The first kappa shape index (κ1) is 19.9. The van der Waals surface area contributed by atoms with E-state index in [-0.39, 0.29) is 10.9 Å². The number of aryl methyl sites for hydroxylation is 1. The van der Waals surface area contributed by atoms with Crippen molar-refractivity contribution in [1.29, 1.82) is 0 Å². The van der Waals surface area contributed by atoms with Crippen molar-refractivity contribution in [3.8, 4) is 0 Å². The van der Waals surface area contributed by atoms with Crippen LogP contribution in [0.1, 0.15) is 17.2 Å². The number of sulfonamides is 1. The Morgan fingerprint density at radius 2 is 1.59 bits per heavy atom. The third kappa shape index (κ3) is 5.13. The molecule has 0 aliphatic carbocycles. The predicted molar refractivity (Wildman–Crippen MR) is 103 cm³/mol. The van der Waals surface area contributed by atoms with Crippen LogP contribution in [0.15, 0.2) is 53.4 Å². The molecule has 3 N–H and O–H groups in total. The van der Waals surface area contributed by atoms with Crippen molar-refractivity contribution >= 4 is 10.0 Å². The summed E-state index contributed by atoms with van der Waals surface area (Å²) in [5.41, 5.74) is 2.32. The number of likely N-dealkylation sites (N-methyl/N-ethyl adjacent to an activating group) is 1. The molecule has 5 nitrogen and oxygen atoms in total. The highest BCUT2D eigenvalue weighted by molar-refractivity contribution is 7.89. The number of quaternary nitrogens is 2. The van der Waals surface area contributed by atoms with E-state index >= 15 is 0 Å². The highest BCUT2D eigenvalue weighted by atomic mass is 32.2. The lowest BCUT2D eigenvalue weighted by Crippen LogP contribution is -3.27. The molecule has 1 heterocycles. The summed E-state index contributed by atoms with van der Waals surface area (Å²) in [5.74, 6) is -0.448. The molecule has 1 aliphatic rings. The van der Waals surface area contributed by atoms with Crippen LogP contribution in [0.25, 0.3) is 0 Å². The van der Waals surface area contributed by atoms with Crippen LogP contribution in [0.3, 0.4) is 0 Å². The van der Waals surface area contributed by atoms with Crippen molar-refractivity contribution in [2.24, 2.45) is 0 Å². The molecule has 0 amide bonds. The predicted octanol–water partition coefficient (Wildman–Crippen LogP) is -0.433. The van der Waals surface area contributed by atoms with E-state index in [1.54, 1.807) is 0 Å². The fourth-order valence-electron chi connectivity index (χ4n) is 3.53. The molecule has 27 heavy (non-hydrogen) atoms. The lowest BCUT2D eigenvalue weighted by atomic mass is 10.0. The van der Waals surface area contributed by atoms with Crippen LogP contribution in [-0.4, -0.2) is 48.2 Å². The standard InChI is InChI=1S/C20H26FN3O2S/c1-16-3-5-17(6-4-16)20(24-13-11-23(2)12-14-24)15-22-27(25,26)19-9-7-18(21)8-10-19/h3-10,20,22H,11-15H2,1-2H3/p+2/t20-/m1/s1. The monoisotopic (exact) mass is 393 g/mol. The summed E-state index contributed by atoms with van der Waals surface area (Å²) in [6.07, 6.45) is 0. The minimum atomic E-state index is -3.67. The second-order valence-corrected chi connectivity index (χ2v) is 9.15. The van der Waals surface area contributed by atoms with Crippen LogP contribution in [0.2, 0.25) is 0 Å². The van der Waals surface area contributed by atoms with Crippen molar-refractivity contribution in [3.63, 3.8) is 0 Å². The highest BCUT2D eigenvalue weighted by Crippen LogP contribution is 2.14. The van der Waals surface area contributed by atoms with Gasteiger partial charge in [0, 0.05) is 5.56 Å². The van der Waals surface area contributed by atoms with Crippen LogP contribution in [-0.2, 0) is 10.0 Å². The number of hydrogen-bond donors (Lipinski definition) is 3. The molecule has 0 spiro atoms. The van der Waals surface area contributed by atoms with Gasteiger partial charge in [-0.3, -0.25) is 0 Å². The molecule has 0 saturated carbocycles. The number of halogens is 1. The molecular formula is C20H28FN3O2S+2. The number of benzene rings is 2. The molecule has 0 unspecified atom stereocenters. The average molecular weight is 394 g/mol. The maximum atomic E-state index is 13.1. The van der Waals surface area contributed by atoms with Crippen LogP contribution < -0.4 is 14.5 Å². The summed E-state index contributed by atoms with van der Waals surface area (Å²) in [7, 11) is -1.48. The molecule has 2 aromatic carbocycles. The van der Waals surface area contributed by atoms with Crippen LogP contribution in [0.4, 0.5) is 4.39 Å². The van der Waals surface area contributed by atoms with E-state index in [9.17, 15) is 12.8 Å². The third-order valence-corrected chi connectivity index (χ3v) is 6.76. The van der Waals surface area contributed by atoms with Crippen molar-refractivity contribution < 1.29 is 22.6 Å². The van der Waals surface area contributed by atoms with Crippen LogP contribution in [0.5, 0.6) is 0 Å². The minimum absolute atomic E-state index is 0.0499. The van der Waals surface area contributed by atoms with Gasteiger partial charge in [-0.1, -0.05) is 29.8 Å². The molecule has 0 radical (unpaired) electrons. The van der Waals surface area contributed by atoms with Crippen LogP contribution in [0, 0.1) is 12.7 Å². The summed E-state index contributed by atoms with van der Waals surface area (Å²) in [5, 5.41) is 0. The first-order valence-corrected chi connectivity index (χ1v) is 10.8. The van der Waals surface area contributed by atoms with E-state index in [2.05, 4.69) is 36.0 Å². The Morgan fingerprint density at radius 3 is 2.19 bits per heavy atom. The van der Waals surface area contributed by atoms with Gasteiger partial charge >= 0.3 is 0 Å². The van der Waals surface area contributed by atoms with E-state index in [1.807, 2.05) is 6.92 Å². The van der Waals surface area contributed by atoms with Crippen molar-refractivity contribution in [2.45, 2.75) is 17.9 Å². The molecule has 146 valence electrons. The molecule has 3 rings (SSSR count). The molecular weight excluding hydrogens is 365 g/mol. The summed E-state index contributed by atoms with van der Waals surface area (Å²) < 4.78 is 41.1. The van der Waals surface area contributed by atoms with Crippen molar-refractivity contribution in [3.05, 3.63) is 65.5 Å². The molecule has 0 bridgehead atoms. The SMILES string of the molecule is Cc1ccc([C@@H](CNS(=O)(=O)c2ccc(F)cc2)[NH+]2CC[NH+](C)CC2)cc1. The summed E-state index contributed by atoms with van der Waals surface area (Å²) >= 11 is 0. The maximum absolute atomic E-state index is 13.1. The van der Waals surface area contributed by atoms with E-state index in [1.165, 1.54) is 39.6 Å². The smallest absolute Gasteiger partial charge is 0.240 e. The second-order valence-electron chi connectivity index (χ2n) is 7.38. The van der Waals surface area contributed by atoms with Gasteiger partial charge in [-0.2, -0.15) is 0 Å². The first-order chi connectivity index (χ1) is 12.8. The Labute approximate surface area is 160 Å². The Bertz CT molecular complexity index is 846. The number of rotatable bonds is 6. The van der Waals surface area contributed by atoms with Gasteiger partial charge < -0.3 is 9.80 Å². The number of hydrogen-bond acceptors (Lipinski definition) is 2. The summed E-state index contributed by atoms with van der Waals surface area (Å²) in [6.45, 7) is 6.51. The topological polar surface area (TPSA) is 55.0 Å². The van der Waals surface area contributed by atoms with Crippen molar-refractivity contribution in [2.75, 3.05) is 39.8 Å². The Morgan fingerprint density at radius 1 is 1.00 bits per heavy atom. The van der Waals surface area contributed by atoms with Crippen LogP contribution >= 0.6 is 0 Å². The molecule has 2 aromatic rings. The number of piperazine rings is 1. The molecule has 1 aliphatic heterocycles. The minimum Gasteiger partial charge on any atom is -0.328 e. The van der Waals surface area contributed by atoms with E-state index in [0.29, 0.717) is 6.54 Å². The third-order valence-electron chi connectivity index (χ3n) is 5.32. The maximum Gasteiger partial charge on any atom is 0.240 e. The van der Waals surface area contributed by atoms with E-state index in [0.717, 1.165) is 31.7 Å². The zero-order valence-electron chi connectivity index (χ0n) is 15.8. The first-order valence-electron chi connectivity index (χ1n) is 9.33. The molecule has 7 heteroatoms. The molecule has 1 saturated heterocycles.